The second kappa shape index (κ2) is 8.97. The molecule has 5 heteroatoms. The summed E-state index contributed by atoms with van der Waals surface area (Å²) in [5.74, 6) is -2.21. The molecule has 0 aliphatic heterocycles. The smallest absolute Gasteiger partial charge is 0.312 e. The predicted molar refractivity (Wildman–Crippen MR) is 93.7 cm³/mol. The zero-order valence-corrected chi connectivity index (χ0v) is 14.1. The van der Waals surface area contributed by atoms with Gasteiger partial charge >= 0.3 is 5.97 Å². The SMILES string of the molecule is CC(CC(=O)NCC(C(=O)O)c1ccccc1)Cc1cccc(F)c1. The van der Waals surface area contributed by atoms with Gasteiger partial charge in [0.2, 0.25) is 5.91 Å². The number of rotatable bonds is 8. The van der Waals surface area contributed by atoms with E-state index in [1.54, 1.807) is 30.3 Å². The van der Waals surface area contributed by atoms with E-state index < -0.39 is 11.9 Å². The largest absolute Gasteiger partial charge is 0.481 e. The number of aliphatic carboxylic acids is 1. The zero-order valence-electron chi connectivity index (χ0n) is 14.1. The van der Waals surface area contributed by atoms with Gasteiger partial charge in [0.15, 0.2) is 0 Å². The Hall–Kier alpha value is -2.69. The first kappa shape index (κ1) is 18.6. The van der Waals surface area contributed by atoms with Crippen LogP contribution in [0.5, 0.6) is 0 Å². The standard InChI is InChI=1S/C20H22FNO3/c1-14(10-15-6-5-9-17(21)12-15)11-19(23)22-13-18(20(24)25)16-7-3-2-4-8-16/h2-9,12,14,18H,10-11,13H2,1H3,(H,22,23)(H,24,25). The Bertz CT molecular complexity index is 718. The molecule has 2 atom stereocenters. The van der Waals surface area contributed by atoms with E-state index in [2.05, 4.69) is 5.32 Å². The number of carboxylic acids is 1. The van der Waals surface area contributed by atoms with Crippen LogP contribution in [0.25, 0.3) is 0 Å². The topological polar surface area (TPSA) is 66.4 Å². The van der Waals surface area contributed by atoms with Crippen LogP contribution in [0.2, 0.25) is 0 Å². The number of carboxylic acid groups (broad SMARTS) is 1. The van der Waals surface area contributed by atoms with E-state index in [1.807, 2.05) is 19.1 Å². The Kier molecular flexibility index (Phi) is 6.69. The van der Waals surface area contributed by atoms with E-state index in [9.17, 15) is 19.1 Å². The van der Waals surface area contributed by atoms with Gasteiger partial charge in [0.25, 0.3) is 0 Å². The maximum Gasteiger partial charge on any atom is 0.312 e. The molecule has 2 aromatic rings. The van der Waals surface area contributed by atoms with Crippen molar-refractivity contribution in [2.75, 3.05) is 6.54 Å². The predicted octanol–water partition coefficient (Wildman–Crippen LogP) is 3.38. The van der Waals surface area contributed by atoms with Crippen LogP contribution in [0.15, 0.2) is 54.6 Å². The minimum Gasteiger partial charge on any atom is -0.481 e. The third-order valence-corrected chi connectivity index (χ3v) is 4.01. The lowest BCUT2D eigenvalue weighted by atomic mass is 9.97. The van der Waals surface area contributed by atoms with Gasteiger partial charge in [-0.3, -0.25) is 9.59 Å². The first-order valence-electron chi connectivity index (χ1n) is 8.24. The summed E-state index contributed by atoms with van der Waals surface area (Å²) in [6, 6.07) is 15.1. The fourth-order valence-electron chi connectivity index (χ4n) is 2.78. The van der Waals surface area contributed by atoms with Crippen LogP contribution in [0, 0.1) is 11.7 Å². The number of carbonyl (C=O) groups is 2. The number of nitrogens with one attached hydrogen (secondary N) is 1. The van der Waals surface area contributed by atoms with Crippen molar-refractivity contribution < 1.29 is 19.1 Å². The first-order chi connectivity index (χ1) is 12.0. The lowest BCUT2D eigenvalue weighted by Gasteiger charge is -2.15. The summed E-state index contributed by atoms with van der Waals surface area (Å²) in [4.78, 5) is 23.5. The highest BCUT2D eigenvalue weighted by molar-refractivity contribution is 5.79. The molecule has 0 saturated heterocycles. The van der Waals surface area contributed by atoms with E-state index in [4.69, 9.17) is 0 Å². The molecule has 0 heterocycles. The first-order valence-corrected chi connectivity index (χ1v) is 8.24. The van der Waals surface area contributed by atoms with E-state index in [1.165, 1.54) is 12.1 Å². The quantitative estimate of drug-likeness (QED) is 0.772. The molecule has 4 nitrogen and oxygen atoms in total. The number of benzene rings is 2. The summed E-state index contributed by atoms with van der Waals surface area (Å²) in [7, 11) is 0. The number of hydrogen-bond acceptors (Lipinski definition) is 2. The minimum atomic E-state index is -0.973. The Morgan fingerprint density at radius 1 is 1.12 bits per heavy atom. The lowest BCUT2D eigenvalue weighted by molar-refractivity contribution is -0.138. The molecule has 1 amide bonds. The lowest BCUT2D eigenvalue weighted by Crippen LogP contribution is -2.32. The third kappa shape index (κ3) is 6.03. The molecule has 0 spiro atoms. The van der Waals surface area contributed by atoms with Crippen molar-refractivity contribution >= 4 is 11.9 Å². The molecule has 0 bridgehead atoms. The Labute approximate surface area is 146 Å². The molecular formula is C20H22FNO3. The van der Waals surface area contributed by atoms with Gasteiger partial charge in [-0.05, 0) is 35.6 Å². The summed E-state index contributed by atoms with van der Waals surface area (Å²) in [5.41, 5.74) is 1.50. The Morgan fingerprint density at radius 3 is 2.48 bits per heavy atom. The molecule has 0 saturated carbocycles. The number of carbonyl (C=O) groups excluding carboxylic acids is 1. The Morgan fingerprint density at radius 2 is 1.84 bits per heavy atom. The molecule has 25 heavy (non-hydrogen) atoms. The van der Waals surface area contributed by atoms with Gasteiger partial charge in [-0.15, -0.1) is 0 Å². The van der Waals surface area contributed by atoms with Crippen molar-refractivity contribution in [2.24, 2.45) is 5.92 Å². The van der Waals surface area contributed by atoms with Gasteiger partial charge in [-0.25, -0.2) is 4.39 Å². The van der Waals surface area contributed by atoms with E-state index in [0.29, 0.717) is 12.0 Å². The maximum atomic E-state index is 13.2. The molecule has 0 aliphatic rings. The molecule has 2 unspecified atom stereocenters. The highest BCUT2D eigenvalue weighted by Gasteiger charge is 2.20. The molecule has 0 aliphatic carbocycles. The van der Waals surface area contributed by atoms with Gasteiger partial charge in [-0.1, -0.05) is 49.4 Å². The van der Waals surface area contributed by atoms with Crippen LogP contribution in [0.3, 0.4) is 0 Å². The molecule has 2 N–H and O–H groups in total. The number of halogens is 1. The molecule has 2 aromatic carbocycles. The molecular weight excluding hydrogens is 321 g/mol. The molecule has 0 aromatic heterocycles. The molecule has 2 rings (SSSR count). The van der Waals surface area contributed by atoms with E-state index >= 15 is 0 Å². The fourth-order valence-corrected chi connectivity index (χ4v) is 2.78. The van der Waals surface area contributed by atoms with Gasteiger partial charge in [0.1, 0.15) is 5.82 Å². The summed E-state index contributed by atoms with van der Waals surface area (Å²) in [6.45, 7) is 1.96. The summed E-state index contributed by atoms with van der Waals surface area (Å²) < 4.78 is 13.2. The average Bonchev–Trinajstić information content (AvgIpc) is 2.55. The van der Waals surface area contributed by atoms with Crippen LogP contribution in [-0.2, 0) is 16.0 Å². The maximum absolute atomic E-state index is 13.2. The van der Waals surface area contributed by atoms with Crippen molar-refractivity contribution in [3.63, 3.8) is 0 Å². The fraction of sp³-hybridized carbons (Fsp3) is 0.300. The van der Waals surface area contributed by atoms with E-state index in [-0.39, 0.29) is 30.6 Å². The Balaban J connectivity index is 1.85. The zero-order chi connectivity index (χ0) is 18.2. The second-order valence-electron chi connectivity index (χ2n) is 6.25. The number of hydrogen-bond donors (Lipinski definition) is 2. The monoisotopic (exact) mass is 343 g/mol. The summed E-state index contributed by atoms with van der Waals surface area (Å²) in [6.07, 6.45) is 0.851. The minimum absolute atomic E-state index is 0.0294. The molecule has 0 radical (unpaired) electrons. The van der Waals surface area contributed by atoms with Gasteiger partial charge in [0, 0.05) is 13.0 Å². The summed E-state index contributed by atoms with van der Waals surface area (Å²) in [5, 5.41) is 12.1. The second-order valence-corrected chi connectivity index (χ2v) is 6.25. The summed E-state index contributed by atoms with van der Waals surface area (Å²) >= 11 is 0. The van der Waals surface area contributed by atoms with Gasteiger partial charge < -0.3 is 10.4 Å². The normalized spacial score (nSPS) is 13.0. The van der Waals surface area contributed by atoms with Crippen molar-refractivity contribution in [2.45, 2.75) is 25.7 Å². The van der Waals surface area contributed by atoms with Crippen LogP contribution in [0.1, 0.15) is 30.4 Å². The van der Waals surface area contributed by atoms with Gasteiger partial charge in [0.05, 0.1) is 5.92 Å². The molecule has 132 valence electrons. The van der Waals surface area contributed by atoms with Crippen LogP contribution < -0.4 is 5.32 Å². The van der Waals surface area contributed by atoms with Crippen molar-refractivity contribution in [1.29, 1.82) is 0 Å². The third-order valence-electron chi connectivity index (χ3n) is 4.01. The highest BCUT2D eigenvalue weighted by atomic mass is 19.1. The van der Waals surface area contributed by atoms with Crippen LogP contribution in [-0.4, -0.2) is 23.5 Å². The average molecular weight is 343 g/mol. The molecule has 0 fully saturated rings. The van der Waals surface area contributed by atoms with Crippen molar-refractivity contribution in [3.05, 3.63) is 71.5 Å². The van der Waals surface area contributed by atoms with Crippen molar-refractivity contribution in [1.82, 2.24) is 5.32 Å². The van der Waals surface area contributed by atoms with Crippen LogP contribution >= 0.6 is 0 Å². The van der Waals surface area contributed by atoms with Crippen molar-refractivity contribution in [3.8, 4) is 0 Å². The van der Waals surface area contributed by atoms with Crippen LogP contribution in [0.4, 0.5) is 4.39 Å². The van der Waals surface area contributed by atoms with Gasteiger partial charge in [-0.2, -0.15) is 0 Å². The highest BCUT2D eigenvalue weighted by Crippen LogP contribution is 2.16. The number of amides is 1. The van der Waals surface area contributed by atoms with E-state index in [0.717, 1.165) is 5.56 Å².